The fourth-order valence-corrected chi connectivity index (χ4v) is 3.24. The molecule has 112 valence electrons. The van der Waals surface area contributed by atoms with E-state index >= 15 is 0 Å². The zero-order chi connectivity index (χ0) is 14.9. The Labute approximate surface area is 124 Å². The van der Waals surface area contributed by atoms with Crippen molar-refractivity contribution in [2.45, 2.75) is 31.8 Å². The molecule has 1 N–H and O–H groups in total. The van der Waals surface area contributed by atoms with E-state index in [0.29, 0.717) is 19.4 Å². The van der Waals surface area contributed by atoms with E-state index in [4.69, 9.17) is 0 Å². The van der Waals surface area contributed by atoms with Crippen molar-refractivity contribution in [3.63, 3.8) is 0 Å². The standard InChI is InChI=1S/C16H21N3O2/c1-2-19-14(20)16(17-15(19)21)8-10-18(11-9-16)12-13-6-4-3-5-7-13/h3-7H,2,8-12H2,1H3,(H,17,21). The molecule has 2 saturated heterocycles. The summed E-state index contributed by atoms with van der Waals surface area (Å²) in [4.78, 5) is 27.9. The van der Waals surface area contributed by atoms with Gasteiger partial charge < -0.3 is 5.32 Å². The number of hydrogen-bond acceptors (Lipinski definition) is 3. The summed E-state index contributed by atoms with van der Waals surface area (Å²) in [5, 5.41) is 2.92. The Kier molecular flexibility index (Phi) is 3.68. The van der Waals surface area contributed by atoms with Gasteiger partial charge in [-0.1, -0.05) is 30.3 Å². The van der Waals surface area contributed by atoms with Crippen molar-refractivity contribution in [1.29, 1.82) is 0 Å². The molecule has 0 atom stereocenters. The summed E-state index contributed by atoms with van der Waals surface area (Å²) in [7, 11) is 0. The van der Waals surface area contributed by atoms with Crippen LogP contribution in [0.2, 0.25) is 0 Å². The summed E-state index contributed by atoms with van der Waals surface area (Å²) in [6, 6.07) is 10.1. The van der Waals surface area contributed by atoms with E-state index in [1.165, 1.54) is 10.5 Å². The van der Waals surface area contributed by atoms with Crippen molar-refractivity contribution in [1.82, 2.24) is 15.1 Å². The molecular formula is C16H21N3O2. The monoisotopic (exact) mass is 287 g/mol. The van der Waals surface area contributed by atoms with Crippen LogP contribution in [-0.4, -0.2) is 46.9 Å². The molecule has 1 aromatic carbocycles. The van der Waals surface area contributed by atoms with E-state index in [2.05, 4.69) is 22.3 Å². The van der Waals surface area contributed by atoms with Gasteiger partial charge >= 0.3 is 6.03 Å². The molecule has 0 bridgehead atoms. The number of nitrogens with zero attached hydrogens (tertiary/aromatic N) is 2. The minimum absolute atomic E-state index is 0.0469. The number of carbonyl (C=O) groups is 2. The molecule has 0 radical (unpaired) electrons. The summed E-state index contributed by atoms with van der Waals surface area (Å²) in [6.07, 6.45) is 1.39. The number of imide groups is 1. The fourth-order valence-electron chi connectivity index (χ4n) is 3.24. The SMILES string of the molecule is CCN1C(=O)NC2(CCN(Cc3ccccc3)CC2)C1=O. The lowest BCUT2D eigenvalue weighted by molar-refractivity contribution is -0.132. The molecule has 3 rings (SSSR count). The van der Waals surface area contributed by atoms with E-state index in [1.54, 1.807) is 0 Å². The predicted octanol–water partition coefficient (Wildman–Crippen LogP) is 1.59. The van der Waals surface area contributed by atoms with Gasteiger partial charge in [-0.15, -0.1) is 0 Å². The van der Waals surface area contributed by atoms with E-state index in [-0.39, 0.29) is 11.9 Å². The Balaban J connectivity index is 1.63. The van der Waals surface area contributed by atoms with Gasteiger partial charge in [0.1, 0.15) is 5.54 Å². The molecule has 5 nitrogen and oxygen atoms in total. The Morgan fingerprint density at radius 3 is 2.38 bits per heavy atom. The van der Waals surface area contributed by atoms with Gasteiger partial charge in [-0.05, 0) is 25.3 Å². The largest absolute Gasteiger partial charge is 0.325 e. The number of urea groups is 1. The van der Waals surface area contributed by atoms with Gasteiger partial charge in [-0.2, -0.15) is 0 Å². The number of carbonyl (C=O) groups excluding carboxylic acids is 2. The zero-order valence-corrected chi connectivity index (χ0v) is 12.3. The van der Waals surface area contributed by atoms with E-state index in [0.717, 1.165) is 19.6 Å². The first kappa shape index (κ1) is 14.1. The van der Waals surface area contributed by atoms with Gasteiger partial charge in [0.15, 0.2) is 0 Å². The van der Waals surface area contributed by atoms with Crippen molar-refractivity contribution < 1.29 is 9.59 Å². The minimum Gasteiger partial charge on any atom is -0.323 e. The molecule has 2 aliphatic rings. The van der Waals surface area contributed by atoms with E-state index in [9.17, 15) is 9.59 Å². The molecule has 2 heterocycles. The molecule has 3 amide bonds. The summed E-state index contributed by atoms with van der Waals surface area (Å²) in [5.74, 6) is -0.0469. The minimum atomic E-state index is -0.652. The quantitative estimate of drug-likeness (QED) is 0.859. The summed E-state index contributed by atoms with van der Waals surface area (Å²) in [6.45, 7) is 4.84. The summed E-state index contributed by atoms with van der Waals surface area (Å²) >= 11 is 0. The highest BCUT2D eigenvalue weighted by molar-refractivity contribution is 6.07. The molecule has 0 aromatic heterocycles. The average molecular weight is 287 g/mol. The van der Waals surface area contributed by atoms with Gasteiger partial charge in [0.05, 0.1) is 0 Å². The van der Waals surface area contributed by atoms with Crippen LogP contribution in [0.5, 0.6) is 0 Å². The fraction of sp³-hybridized carbons (Fsp3) is 0.500. The number of hydrogen-bond donors (Lipinski definition) is 1. The molecule has 0 unspecified atom stereocenters. The Morgan fingerprint density at radius 2 is 1.81 bits per heavy atom. The molecule has 21 heavy (non-hydrogen) atoms. The van der Waals surface area contributed by atoms with Crippen molar-refractivity contribution >= 4 is 11.9 Å². The van der Waals surface area contributed by atoms with Gasteiger partial charge in [-0.25, -0.2) is 4.79 Å². The van der Waals surface area contributed by atoms with Crippen LogP contribution in [0.15, 0.2) is 30.3 Å². The third-order valence-electron chi connectivity index (χ3n) is 4.52. The topological polar surface area (TPSA) is 52.7 Å². The maximum absolute atomic E-state index is 12.4. The summed E-state index contributed by atoms with van der Waals surface area (Å²) < 4.78 is 0. The van der Waals surface area contributed by atoms with Crippen LogP contribution in [-0.2, 0) is 11.3 Å². The second-order valence-corrected chi connectivity index (χ2v) is 5.82. The summed E-state index contributed by atoms with van der Waals surface area (Å²) in [5.41, 5.74) is 0.630. The third-order valence-corrected chi connectivity index (χ3v) is 4.52. The first-order valence-corrected chi connectivity index (χ1v) is 7.55. The number of piperidine rings is 1. The molecule has 1 aromatic rings. The van der Waals surface area contributed by atoms with Crippen molar-refractivity contribution in [3.8, 4) is 0 Å². The van der Waals surface area contributed by atoms with Gasteiger partial charge in [0.2, 0.25) is 0 Å². The van der Waals surface area contributed by atoms with Crippen LogP contribution < -0.4 is 5.32 Å². The molecule has 1 spiro atoms. The van der Waals surface area contributed by atoms with Crippen LogP contribution in [0.25, 0.3) is 0 Å². The molecule has 2 fully saturated rings. The highest BCUT2D eigenvalue weighted by Gasteiger charge is 2.51. The molecular weight excluding hydrogens is 266 g/mol. The van der Waals surface area contributed by atoms with Crippen molar-refractivity contribution in [3.05, 3.63) is 35.9 Å². The van der Waals surface area contributed by atoms with Crippen LogP contribution >= 0.6 is 0 Å². The van der Waals surface area contributed by atoms with Gasteiger partial charge in [-0.3, -0.25) is 14.6 Å². The zero-order valence-electron chi connectivity index (χ0n) is 12.3. The number of benzene rings is 1. The Morgan fingerprint density at radius 1 is 1.14 bits per heavy atom. The van der Waals surface area contributed by atoms with Crippen molar-refractivity contribution in [2.75, 3.05) is 19.6 Å². The van der Waals surface area contributed by atoms with Crippen molar-refractivity contribution in [2.24, 2.45) is 0 Å². The van der Waals surface area contributed by atoms with E-state index < -0.39 is 5.54 Å². The Hall–Kier alpha value is -1.88. The number of nitrogens with one attached hydrogen (secondary N) is 1. The molecule has 5 heteroatoms. The third kappa shape index (κ3) is 2.53. The van der Waals surface area contributed by atoms with Gasteiger partial charge in [0.25, 0.3) is 5.91 Å². The highest BCUT2D eigenvalue weighted by Crippen LogP contribution is 2.29. The lowest BCUT2D eigenvalue weighted by Crippen LogP contribution is -2.54. The number of likely N-dealkylation sites (tertiary alicyclic amines) is 1. The van der Waals surface area contributed by atoms with Crippen LogP contribution in [0.3, 0.4) is 0 Å². The highest BCUT2D eigenvalue weighted by atomic mass is 16.2. The number of likely N-dealkylation sites (N-methyl/N-ethyl adjacent to an activating group) is 1. The average Bonchev–Trinajstić information content (AvgIpc) is 2.73. The van der Waals surface area contributed by atoms with E-state index in [1.807, 2.05) is 25.1 Å². The first-order valence-electron chi connectivity index (χ1n) is 7.55. The van der Waals surface area contributed by atoms with Crippen LogP contribution in [0.1, 0.15) is 25.3 Å². The van der Waals surface area contributed by atoms with Crippen LogP contribution in [0.4, 0.5) is 4.79 Å². The molecule has 0 saturated carbocycles. The maximum atomic E-state index is 12.4. The normalized spacial score (nSPS) is 21.9. The van der Waals surface area contributed by atoms with Gasteiger partial charge in [0, 0.05) is 26.2 Å². The first-order chi connectivity index (χ1) is 10.1. The van der Waals surface area contributed by atoms with Crippen LogP contribution in [0, 0.1) is 0 Å². The lowest BCUT2D eigenvalue weighted by atomic mass is 9.87. The number of rotatable bonds is 3. The Bertz CT molecular complexity index is 536. The molecule has 0 aliphatic carbocycles. The smallest absolute Gasteiger partial charge is 0.323 e. The number of amides is 3. The maximum Gasteiger partial charge on any atom is 0.325 e. The lowest BCUT2D eigenvalue weighted by Gasteiger charge is -2.37. The predicted molar refractivity (Wildman–Crippen MR) is 79.6 cm³/mol. The second kappa shape index (κ2) is 5.48. The second-order valence-electron chi connectivity index (χ2n) is 5.82. The molecule has 2 aliphatic heterocycles.